The van der Waals surface area contributed by atoms with Crippen LogP contribution in [0, 0.1) is 21.7 Å². The van der Waals surface area contributed by atoms with Crippen LogP contribution in [-0.2, 0) is 0 Å². The second-order valence-electron chi connectivity index (χ2n) is 3.46. The van der Waals surface area contributed by atoms with Crippen LogP contribution in [0.3, 0.4) is 0 Å². The summed E-state index contributed by atoms with van der Waals surface area (Å²) < 4.78 is 31.3. The van der Waals surface area contributed by atoms with Gasteiger partial charge in [0.2, 0.25) is 0 Å². The lowest BCUT2D eigenvalue weighted by molar-refractivity contribution is -0.402. The molecule has 0 saturated carbocycles. The number of nitrogens with zero attached hydrogens (tertiary/aromatic N) is 1. The van der Waals surface area contributed by atoms with Gasteiger partial charge in [-0.15, -0.1) is 11.6 Å². The van der Waals surface area contributed by atoms with Crippen molar-refractivity contribution in [1.29, 1.82) is 0 Å². The normalized spacial score (nSPS) is 12.4. The molecule has 1 atom stereocenters. The number of rotatable bonds is 3. The highest BCUT2D eigenvalue weighted by molar-refractivity contribution is 6.22. The summed E-state index contributed by atoms with van der Waals surface area (Å²) in [5.41, 5.74) is -0.138. The number of nitro groups is 1. The van der Waals surface area contributed by atoms with Crippen LogP contribution in [0.25, 0.3) is 0 Å². The van der Waals surface area contributed by atoms with Crippen LogP contribution < -0.4 is 0 Å². The third kappa shape index (κ3) is 2.33. The van der Waals surface area contributed by atoms with Gasteiger partial charge in [-0.3, -0.25) is 10.1 Å². The van der Waals surface area contributed by atoms with E-state index in [1.54, 1.807) is 0 Å². The van der Waals surface area contributed by atoms with Crippen LogP contribution in [0.4, 0.5) is 14.7 Å². The lowest BCUT2D eigenvalue weighted by atomic mass is 10.1. The molecule has 18 heavy (non-hydrogen) atoms. The lowest BCUT2D eigenvalue weighted by Gasteiger charge is -2.07. The minimum absolute atomic E-state index is 0.0205. The van der Waals surface area contributed by atoms with Crippen LogP contribution in [0.5, 0.6) is 0 Å². The molecule has 0 aliphatic heterocycles. The van der Waals surface area contributed by atoms with Crippen LogP contribution in [0.1, 0.15) is 16.7 Å². The van der Waals surface area contributed by atoms with Gasteiger partial charge in [-0.1, -0.05) is 0 Å². The first kappa shape index (κ1) is 12.5. The van der Waals surface area contributed by atoms with Crippen molar-refractivity contribution >= 4 is 17.5 Å². The van der Waals surface area contributed by atoms with Crippen molar-refractivity contribution < 1.29 is 18.1 Å². The fourth-order valence-corrected chi connectivity index (χ4v) is 1.72. The van der Waals surface area contributed by atoms with Gasteiger partial charge in [0, 0.05) is 5.56 Å². The minimum Gasteiger partial charge on any atom is -0.404 e. The maximum absolute atomic E-state index is 13.4. The fraction of sp³-hybridized carbons (Fsp3) is 0.0909. The Balaban J connectivity index is 2.37. The van der Waals surface area contributed by atoms with E-state index in [2.05, 4.69) is 0 Å². The average molecular weight is 274 g/mol. The number of furan rings is 1. The van der Waals surface area contributed by atoms with Crippen molar-refractivity contribution in [2.24, 2.45) is 0 Å². The highest BCUT2D eigenvalue weighted by atomic mass is 35.5. The topological polar surface area (TPSA) is 56.3 Å². The summed E-state index contributed by atoms with van der Waals surface area (Å²) >= 11 is 5.90. The second-order valence-corrected chi connectivity index (χ2v) is 3.90. The SMILES string of the molecule is O=[N+]([O-])c1ccc(C(Cl)c2cc(F)ccc2F)o1. The quantitative estimate of drug-likeness (QED) is 0.485. The Morgan fingerprint density at radius 1 is 1.28 bits per heavy atom. The largest absolute Gasteiger partial charge is 0.433 e. The number of benzene rings is 1. The molecule has 0 N–H and O–H groups in total. The van der Waals surface area contributed by atoms with Gasteiger partial charge in [-0.2, -0.15) is 0 Å². The molecular formula is C11H6ClF2NO3. The summed E-state index contributed by atoms with van der Waals surface area (Å²) in [6.07, 6.45) is 0. The lowest BCUT2D eigenvalue weighted by Crippen LogP contribution is -1.96. The zero-order valence-corrected chi connectivity index (χ0v) is 9.53. The predicted octanol–water partition coefficient (Wildman–Crippen LogP) is 3.79. The summed E-state index contributed by atoms with van der Waals surface area (Å²) in [7, 11) is 0. The van der Waals surface area contributed by atoms with E-state index in [9.17, 15) is 18.9 Å². The van der Waals surface area contributed by atoms with Gasteiger partial charge in [0.05, 0.1) is 6.07 Å². The van der Waals surface area contributed by atoms with E-state index in [-0.39, 0.29) is 11.3 Å². The molecule has 0 bridgehead atoms. The zero-order valence-electron chi connectivity index (χ0n) is 8.77. The number of halogens is 3. The molecule has 0 amide bonds. The number of hydrogen-bond donors (Lipinski definition) is 0. The van der Waals surface area contributed by atoms with Crippen LogP contribution in [0.15, 0.2) is 34.7 Å². The van der Waals surface area contributed by atoms with Crippen molar-refractivity contribution in [1.82, 2.24) is 0 Å². The number of alkyl halides is 1. The zero-order chi connectivity index (χ0) is 13.3. The molecule has 1 unspecified atom stereocenters. The predicted molar refractivity (Wildman–Crippen MR) is 59.4 cm³/mol. The van der Waals surface area contributed by atoms with Crippen LogP contribution in [0.2, 0.25) is 0 Å². The van der Waals surface area contributed by atoms with E-state index in [1.165, 1.54) is 6.07 Å². The Morgan fingerprint density at radius 3 is 2.61 bits per heavy atom. The van der Waals surface area contributed by atoms with Crippen molar-refractivity contribution in [3.8, 4) is 0 Å². The molecule has 7 heteroatoms. The molecule has 94 valence electrons. The Bertz CT molecular complexity index is 600. The first-order valence-electron chi connectivity index (χ1n) is 4.82. The van der Waals surface area contributed by atoms with Crippen molar-refractivity contribution in [3.05, 3.63) is 63.4 Å². The third-order valence-corrected chi connectivity index (χ3v) is 2.72. The van der Waals surface area contributed by atoms with Gasteiger partial charge in [-0.25, -0.2) is 8.78 Å². The molecule has 0 saturated heterocycles. The molecule has 0 fully saturated rings. The van der Waals surface area contributed by atoms with E-state index in [0.29, 0.717) is 0 Å². The Kier molecular flexibility index (Phi) is 3.29. The Morgan fingerprint density at radius 2 is 2.00 bits per heavy atom. The summed E-state index contributed by atoms with van der Waals surface area (Å²) in [5, 5.41) is 9.30. The maximum atomic E-state index is 13.4. The van der Waals surface area contributed by atoms with Crippen LogP contribution in [-0.4, -0.2) is 4.92 Å². The highest BCUT2D eigenvalue weighted by Gasteiger charge is 2.22. The maximum Gasteiger partial charge on any atom is 0.433 e. The van der Waals surface area contributed by atoms with Gasteiger partial charge >= 0.3 is 5.88 Å². The van der Waals surface area contributed by atoms with Gasteiger partial charge in [0.1, 0.15) is 27.7 Å². The molecule has 0 spiro atoms. The Labute approximate surface area is 105 Å². The summed E-state index contributed by atoms with van der Waals surface area (Å²) in [6.45, 7) is 0. The van der Waals surface area contributed by atoms with E-state index < -0.39 is 27.8 Å². The molecule has 0 aliphatic carbocycles. The van der Waals surface area contributed by atoms with Gasteiger partial charge in [0.25, 0.3) is 0 Å². The molecule has 1 heterocycles. The first-order chi connectivity index (χ1) is 8.49. The first-order valence-corrected chi connectivity index (χ1v) is 5.26. The fourth-order valence-electron chi connectivity index (χ4n) is 1.44. The molecular weight excluding hydrogens is 268 g/mol. The van der Waals surface area contributed by atoms with E-state index >= 15 is 0 Å². The monoisotopic (exact) mass is 273 g/mol. The summed E-state index contributed by atoms with van der Waals surface area (Å²) in [4.78, 5) is 9.69. The van der Waals surface area contributed by atoms with E-state index in [0.717, 1.165) is 24.3 Å². The van der Waals surface area contributed by atoms with Crippen molar-refractivity contribution in [2.75, 3.05) is 0 Å². The molecule has 4 nitrogen and oxygen atoms in total. The van der Waals surface area contributed by atoms with Crippen molar-refractivity contribution in [3.63, 3.8) is 0 Å². The molecule has 2 rings (SSSR count). The highest BCUT2D eigenvalue weighted by Crippen LogP contribution is 2.33. The smallest absolute Gasteiger partial charge is 0.404 e. The van der Waals surface area contributed by atoms with Gasteiger partial charge in [0.15, 0.2) is 0 Å². The van der Waals surface area contributed by atoms with Crippen LogP contribution >= 0.6 is 11.6 Å². The standard InChI is InChI=1S/C11H6ClF2NO3/c12-11(7-5-6(13)1-2-8(7)14)9-3-4-10(18-9)15(16)17/h1-5,11H. The van der Waals surface area contributed by atoms with E-state index in [4.69, 9.17) is 16.0 Å². The molecule has 1 aromatic carbocycles. The minimum atomic E-state index is -1.13. The Hall–Kier alpha value is -1.95. The summed E-state index contributed by atoms with van der Waals surface area (Å²) in [6, 6.07) is 5.15. The average Bonchev–Trinajstić information content (AvgIpc) is 2.81. The van der Waals surface area contributed by atoms with E-state index in [1.807, 2.05) is 0 Å². The second kappa shape index (κ2) is 4.73. The molecule has 0 radical (unpaired) electrons. The molecule has 2 aromatic rings. The molecule has 1 aromatic heterocycles. The van der Waals surface area contributed by atoms with Gasteiger partial charge < -0.3 is 4.42 Å². The van der Waals surface area contributed by atoms with Gasteiger partial charge in [-0.05, 0) is 24.3 Å². The number of hydrogen-bond acceptors (Lipinski definition) is 3. The summed E-state index contributed by atoms with van der Waals surface area (Å²) in [5.74, 6) is -1.89. The third-order valence-electron chi connectivity index (χ3n) is 2.27. The molecule has 0 aliphatic rings. The van der Waals surface area contributed by atoms with Crippen molar-refractivity contribution in [2.45, 2.75) is 5.38 Å².